The van der Waals surface area contributed by atoms with E-state index in [-0.39, 0.29) is 44.7 Å². The first-order valence-corrected chi connectivity index (χ1v) is 11.2. The zero-order chi connectivity index (χ0) is 27.1. The Morgan fingerprint density at radius 1 is 0.861 bits per heavy atom. The fraction of sp³-hybridized carbons (Fsp3) is 0.455. The monoisotopic (exact) mass is 506 g/mol. The van der Waals surface area contributed by atoms with Crippen LogP contribution in [-0.2, 0) is 30.4 Å². The average molecular weight is 507 g/mol. The summed E-state index contributed by atoms with van der Waals surface area (Å²) in [6, 6.07) is 4.98. The molecule has 4 amide bonds. The van der Waals surface area contributed by atoms with Crippen molar-refractivity contribution in [2.75, 3.05) is 13.1 Å². The van der Waals surface area contributed by atoms with E-state index in [4.69, 9.17) is 22.9 Å². The summed E-state index contributed by atoms with van der Waals surface area (Å²) in [5.41, 5.74) is 21.7. The second kappa shape index (κ2) is 15.7. The molecule has 0 fully saturated rings. The van der Waals surface area contributed by atoms with Crippen LogP contribution in [0.15, 0.2) is 35.3 Å². The molecule has 36 heavy (non-hydrogen) atoms. The molecule has 0 aliphatic heterocycles. The van der Waals surface area contributed by atoms with Crippen molar-refractivity contribution < 1.29 is 29.1 Å². The summed E-state index contributed by atoms with van der Waals surface area (Å²) in [7, 11) is 0. The summed E-state index contributed by atoms with van der Waals surface area (Å²) in [5.74, 6) is -4.29. The zero-order valence-electron chi connectivity index (χ0n) is 19.8. The number of nitrogens with two attached hydrogens (primary N) is 4. The van der Waals surface area contributed by atoms with E-state index in [1.807, 2.05) is 0 Å². The fourth-order valence-corrected chi connectivity index (χ4v) is 3.18. The lowest BCUT2D eigenvalue weighted by Crippen LogP contribution is -2.56. The lowest BCUT2D eigenvalue weighted by molar-refractivity contribution is -0.142. The number of amides is 4. The van der Waals surface area contributed by atoms with Gasteiger partial charge in [0.05, 0.1) is 6.54 Å². The number of carboxylic acids is 1. The highest BCUT2D eigenvalue weighted by Gasteiger charge is 2.29. The molecule has 0 aromatic heterocycles. The summed E-state index contributed by atoms with van der Waals surface area (Å²) in [4.78, 5) is 64.5. The molecule has 14 nitrogen and oxygen atoms in total. The molecule has 0 bridgehead atoms. The Morgan fingerprint density at radius 3 is 1.97 bits per heavy atom. The first kappa shape index (κ1) is 29.8. The second-order valence-electron chi connectivity index (χ2n) is 7.93. The molecule has 3 atom stereocenters. The van der Waals surface area contributed by atoms with E-state index >= 15 is 0 Å². The molecule has 0 heterocycles. The predicted molar refractivity (Wildman–Crippen MR) is 131 cm³/mol. The van der Waals surface area contributed by atoms with Gasteiger partial charge in [0.25, 0.3) is 0 Å². The van der Waals surface area contributed by atoms with Crippen molar-refractivity contribution in [1.82, 2.24) is 16.0 Å². The molecule has 0 radical (unpaired) electrons. The minimum atomic E-state index is -1.29. The number of hydrogen-bond donors (Lipinski definition) is 8. The maximum atomic E-state index is 12.9. The zero-order valence-corrected chi connectivity index (χ0v) is 19.8. The van der Waals surface area contributed by atoms with Crippen LogP contribution in [0.4, 0.5) is 0 Å². The van der Waals surface area contributed by atoms with Gasteiger partial charge in [-0.25, -0.2) is 4.79 Å². The van der Waals surface area contributed by atoms with Crippen molar-refractivity contribution in [3.05, 3.63) is 35.9 Å². The van der Waals surface area contributed by atoms with Gasteiger partial charge in [0, 0.05) is 19.4 Å². The molecule has 0 spiro atoms. The van der Waals surface area contributed by atoms with Gasteiger partial charge in [-0.2, -0.15) is 0 Å². The van der Waals surface area contributed by atoms with Gasteiger partial charge in [-0.05, 0) is 24.8 Å². The number of primary amides is 1. The molecule has 1 rings (SSSR count). The van der Waals surface area contributed by atoms with Crippen LogP contribution < -0.4 is 38.9 Å². The van der Waals surface area contributed by atoms with E-state index < -0.39 is 47.7 Å². The van der Waals surface area contributed by atoms with E-state index in [1.165, 1.54) is 0 Å². The highest BCUT2D eigenvalue weighted by Crippen LogP contribution is 2.07. The predicted octanol–water partition coefficient (Wildman–Crippen LogP) is -2.95. The highest BCUT2D eigenvalue weighted by atomic mass is 16.4. The summed E-state index contributed by atoms with van der Waals surface area (Å²) in [5, 5.41) is 16.9. The Morgan fingerprint density at radius 2 is 1.44 bits per heavy atom. The highest BCUT2D eigenvalue weighted by molar-refractivity contribution is 5.94. The van der Waals surface area contributed by atoms with Crippen molar-refractivity contribution in [3.63, 3.8) is 0 Å². The van der Waals surface area contributed by atoms with Crippen molar-refractivity contribution in [3.8, 4) is 0 Å². The Bertz CT molecular complexity index is 936. The van der Waals surface area contributed by atoms with Gasteiger partial charge in [-0.1, -0.05) is 30.3 Å². The maximum absolute atomic E-state index is 12.9. The first-order chi connectivity index (χ1) is 17.0. The van der Waals surface area contributed by atoms with E-state index in [0.29, 0.717) is 12.0 Å². The molecule has 12 N–H and O–H groups in total. The Labute approximate surface area is 208 Å². The SMILES string of the molecule is NCC(=O)NC(CCCN=C(N)N)C(=O)NC(CCC(N)=O)C(=O)NC(Cc1ccccc1)C(=O)O. The third kappa shape index (κ3) is 11.8. The average Bonchev–Trinajstić information content (AvgIpc) is 2.82. The van der Waals surface area contributed by atoms with Crippen molar-refractivity contribution >= 4 is 35.6 Å². The normalized spacial score (nSPS) is 12.9. The number of nitrogens with one attached hydrogen (secondary N) is 3. The molecule has 198 valence electrons. The topological polar surface area (TPSA) is 258 Å². The fourth-order valence-electron chi connectivity index (χ4n) is 3.18. The van der Waals surface area contributed by atoms with Gasteiger partial charge in [-0.15, -0.1) is 0 Å². The van der Waals surface area contributed by atoms with Crippen molar-refractivity contribution in [2.45, 2.75) is 50.2 Å². The van der Waals surface area contributed by atoms with Crippen LogP contribution in [0.25, 0.3) is 0 Å². The van der Waals surface area contributed by atoms with Gasteiger partial charge in [0.15, 0.2) is 5.96 Å². The molecule has 1 aromatic carbocycles. The number of aliphatic imine (C=N–C) groups is 1. The molecule has 0 saturated heterocycles. The largest absolute Gasteiger partial charge is 0.480 e. The molecular formula is C22H34N8O6. The third-order valence-corrected chi connectivity index (χ3v) is 4.99. The number of nitrogens with zero attached hydrogens (tertiary/aromatic N) is 1. The van der Waals surface area contributed by atoms with Gasteiger partial charge in [0.2, 0.25) is 23.6 Å². The van der Waals surface area contributed by atoms with E-state index in [9.17, 15) is 29.1 Å². The van der Waals surface area contributed by atoms with E-state index in [1.54, 1.807) is 30.3 Å². The van der Waals surface area contributed by atoms with E-state index in [2.05, 4.69) is 20.9 Å². The van der Waals surface area contributed by atoms with Crippen LogP contribution in [-0.4, -0.2) is 71.9 Å². The van der Waals surface area contributed by atoms with Crippen LogP contribution in [0, 0.1) is 0 Å². The van der Waals surface area contributed by atoms with Crippen LogP contribution in [0.2, 0.25) is 0 Å². The molecule has 0 aliphatic carbocycles. The van der Waals surface area contributed by atoms with E-state index in [0.717, 1.165) is 0 Å². The standard InChI is InChI=1S/C22H34N8O6/c23-12-18(32)28-14(7-4-10-27-22(25)26)19(33)29-15(8-9-17(24)31)20(34)30-16(21(35)36)11-13-5-2-1-3-6-13/h1-3,5-6,14-16H,4,7-12,23H2,(H2,24,31)(H,28,32)(H,29,33)(H,30,34)(H,35,36)(H4,25,26,27). The smallest absolute Gasteiger partial charge is 0.326 e. The molecule has 0 aliphatic rings. The van der Waals surface area contributed by atoms with Gasteiger partial charge < -0.3 is 44.0 Å². The maximum Gasteiger partial charge on any atom is 0.326 e. The molecule has 14 heteroatoms. The number of carbonyl (C=O) groups is 5. The molecule has 3 unspecified atom stereocenters. The van der Waals surface area contributed by atoms with Gasteiger partial charge in [0.1, 0.15) is 18.1 Å². The lowest BCUT2D eigenvalue weighted by Gasteiger charge is -2.24. The Kier molecular flexibility index (Phi) is 13.0. The van der Waals surface area contributed by atoms with Crippen LogP contribution in [0.5, 0.6) is 0 Å². The number of carbonyl (C=O) groups excluding carboxylic acids is 4. The summed E-state index contributed by atoms with van der Waals surface area (Å²) >= 11 is 0. The van der Waals surface area contributed by atoms with Gasteiger partial charge in [-0.3, -0.25) is 24.2 Å². The summed E-state index contributed by atoms with van der Waals surface area (Å²) < 4.78 is 0. The quantitative estimate of drug-likeness (QED) is 0.0646. The van der Waals surface area contributed by atoms with Crippen LogP contribution in [0.1, 0.15) is 31.2 Å². The Hall–Kier alpha value is -4.20. The second-order valence-corrected chi connectivity index (χ2v) is 7.93. The number of rotatable bonds is 16. The first-order valence-electron chi connectivity index (χ1n) is 11.2. The number of hydrogen-bond acceptors (Lipinski definition) is 7. The molecule has 1 aromatic rings. The number of benzene rings is 1. The summed E-state index contributed by atoms with van der Waals surface area (Å²) in [6.07, 6.45) is -0.00492. The number of carboxylic acid groups (broad SMARTS) is 1. The Balaban J connectivity index is 2.98. The van der Waals surface area contributed by atoms with Crippen molar-refractivity contribution in [1.29, 1.82) is 0 Å². The minimum absolute atomic E-state index is 0.00161. The minimum Gasteiger partial charge on any atom is -0.480 e. The van der Waals surface area contributed by atoms with Gasteiger partial charge >= 0.3 is 5.97 Å². The number of guanidine groups is 1. The van der Waals surface area contributed by atoms with Crippen LogP contribution >= 0.6 is 0 Å². The molecule has 0 saturated carbocycles. The summed E-state index contributed by atoms with van der Waals surface area (Å²) in [6.45, 7) is -0.182. The van der Waals surface area contributed by atoms with Crippen LogP contribution in [0.3, 0.4) is 0 Å². The molecular weight excluding hydrogens is 472 g/mol. The van der Waals surface area contributed by atoms with Crippen molar-refractivity contribution in [2.24, 2.45) is 27.9 Å². The lowest BCUT2D eigenvalue weighted by atomic mass is 10.0. The number of aliphatic carboxylic acids is 1. The third-order valence-electron chi connectivity index (χ3n) is 4.99.